The molecule has 0 aliphatic carbocycles. The molecular weight excluding hydrogens is 403 g/mol. The molecule has 2 aromatic rings. The van der Waals surface area contributed by atoms with Crippen molar-refractivity contribution in [2.24, 2.45) is 0 Å². The van der Waals surface area contributed by atoms with Crippen LogP contribution in [0.4, 0.5) is 4.39 Å². The Hall–Kier alpha value is -3.68. The normalized spacial score (nSPS) is 11.6. The molecule has 0 spiro atoms. The van der Waals surface area contributed by atoms with Crippen molar-refractivity contribution in [1.29, 1.82) is 0 Å². The Labute approximate surface area is 180 Å². The van der Waals surface area contributed by atoms with Crippen molar-refractivity contribution < 1.29 is 28.2 Å². The number of esters is 1. The highest BCUT2D eigenvalue weighted by atomic mass is 19.1. The molecule has 2 rings (SSSR count). The van der Waals surface area contributed by atoms with Crippen LogP contribution in [0, 0.1) is 5.82 Å². The van der Waals surface area contributed by atoms with E-state index in [0.717, 1.165) is 11.1 Å². The minimum Gasteiger partial charge on any atom is -0.497 e. The second-order valence-corrected chi connectivity index (χ2v) is 6.67. The van der Waals surface area contributed by atoms with E-state index in [1.807, 2.05) is 0 Å². The van der Waals surface area contributed by atoms with Gasteiger partial charge in [-0.1, -0.05) is 24.3 Å². The van der Waals surface area contributed by atoms with Gasteiger partial charge in [0.05, 0.1) is 7.11 Å². The monoisotopic (exact) mass is 428 g/mol. The largest absolute Gasteiger partial charge is 0.497 e. The first-order chi connectivity index (χ1) is 14.9. The van der Waals surface area contributed by atoms with Crippen LogP contribution in [0.25, 0.3) is 6.08 Å². The summed E-state index contributed by atoms with van der Waals surface area (Å²) in [5.41, 5.74) is 1.67. The minimum atomic E-state index is -0.917. The smallest absolute Gasteiger partial charge is 0.328 e. The van der Waals surface area contributed by atoms with Crippen LogP contribution in [0.5, 0.6) is 5.75 Å². The Balaban J connectivity index is 1.67. The summed E-state index contributed by atoms with van der Waals surface area (Å²) in [5.74, 6) is -1.27. The van der Waals surface area contributed by atoms with Gasteiger partial charge in [-0.3, -0.25) is 9.59 Å². The van der Waals surface area contributed by atoms with Crippen molar-refractivity contribution in [2.45, 2.75) is 19.4 Å². The highest BCUT2D eigenvalue weighted by molar-refractivity contribution is 5.94. The van der Waals surface area contributed by atoms with Crippen LogP contribution in [0.1, 0.15) is 18.1 Å². The quantitative estimate of drug-likeness (QED) is 0.447. The number of nitrogens with one attached hydrogen (secondary N) is 2. The van der Waals surface area contributed by atoms with Crippen molar-refractivity contribution in [3.8, 4) is 5.75 Å². The Morgan fingerprint density at radius 1 is 1.06 bits per heavy atom. The van der Waals surface area contributed by atoms with Crippen LogP contribution in [-0.2, 0) is 25.5 Å². The fourth-order valence-electron chi connectivity index (χ4n) is 2.52. The molecule has 1 atom stereocenters. The predicted molar refractivity (Wildman–Crippen MR) is 114 cm³/mol. The van der Waals surface area contributed by atoms with Crippen LogP contribution in [0.15, 0.2) is 54.6 Å². The third-order valence-electron chi connectivity index (χ3n) is 4.25. The molecule has 0 saturated heterocycles. The van der Waals surface area contributed by atoms with Crippen molar-refractivity contribution in [3.63, 3.8) is 0 Å². The molecular formula is C23H25FN2O5. The third kappa shape index (κ3) is 8.69. The number of rotatable bonds is 10. The van der Waals surface area contributed by atoms with Gasteiger partial charge in [-0.25, -0.2) is 9.18 Å². The second-order valence-electron chi connectivity index (χ2n) is 6.67. The summed E-state index contributed by atoms with van der Waals surface area (Å²) >= 11 is 0. The number of carbonyl (C=O) groups is 3. The van der Waals surface area contributed by atoms with Crippen molar-refractivity contribution in [1.82, 2.24) is 10.6 Å². The van der Waals surface area contributed by atoms with E-state index in [9.17, 15) is 18.8 Å². The molecule has 0 saturated carbocycles. The van der Waals surface area contributed by atoms with E-state index in [1.165, 1.54) is 25.1 Å². The molecule has 0 fully saturated rings. The van der Waals surface area contributed by atoms with Crippen LogP contribution < -0.4 is 15.4 Å². The van der Waals surface area contributed by atoms with Crippen molar-refractivity contribution in [3.05, 3.63) is 71.6 Å². The lowest BCUT2D eigenvalue weighted by Crippen LogP contribution is -2.40. The molecule has 2 amide bonds. The third-order valence-corrected chi connectivity index (χ3v) is 4.25. The van der Waals surface area contributed by atoms with Crippen LogP contribution in [-0.4, -0.2) is 44.1 Å². The van der Waals surface area contributed by atoms with E-state index in [0.29, 0.717) is 18.7 Å². The van der Waals surface area contributed by atoms with Gasteiger partial charge in [-0.2, -0.15) is 0 Å². The molecule has 0 bridgehead atoms. The predicted octanol–water partition coefficient (Wildman–Crippen LogP) is 2.25. The van der Waals surface area contributed by atoms with E-state index < -0.39 is 30.4 Å². The SMILES string of the molecule is COc1ccc(C=CC(=O)N[C@@H](C)C(=O)OCC(=O)NCCc2ccc(F)cc2)cc1. The highest BCUT2D eigenvalue weighted by Gasteiger charge is 2.17. The van der Waals surface area contributed by atoms with E-state index in [-0.39, 0.29) is 5.82 Å². The summed E-state index contributed by atoms with van der Waals surface area (Å²) in [7, 11) is 1.57. The van der Waals surface area contributed by atoms with Gasteiger partial charge in [0.25, 0.3) is 5.91 Å². The van der Waals surface area contributed by atoms with Gasteiger partial charge in [0, 0.05) is 12.6 Å². The van der Waals surface area contributed by atoms with Crippen molar-refractivity contribution in [2.75, 3.05) is 20.3 Å². The average Bonchev–Trinajstić information content (AvgIpc) is 2.77. The lowest BCUT2D eigenvalue weighted by Gasteiger charge is -2.12. The maximum Gasteiger partial charge on any atom is 0.328 e. The molecule has 0 aliphatic heterocycles. The summed E-state index contributed by atoms with van der Waals surface area (Å²) in [4.78, 5) is 35.7. The molecule has 8 heteroatoms. The van der Waals surface area contributed by atoms with Gasteiger partial charge >= 0.3 is 5.97 Å². The summed E-state index contributed by atoms with van der Waals surface area (Å²) in [6, 6.07) is 12.2. The lowest BCUT2D eigenvalue weighted by atomic mass is 10.1. The fraction of sp³-hybridized carbons (Fsp3) is 0.261. The van der Waals surface area contributed by atoms with Gasteiger partial charge in [0.2, 0.25) is 5.91 Å². The molecule has 2 N–H and O–H groups in total. The molecule has 0 aliphatic rings. The second kappa shape index (κ2) is 12.1. The maximum absolute atomic E-state index is 12.9. The minimum absolute atomic E-state index is 0.322. The van der Waals surface area contributed by atoms with Gasteiger partial charge in [0.1, 0.15) is 17.6 Å². The van der Waals surface area contributed by atoms with Crippen molar-refractivity contribution >= 4 is 23.9 Å². The van der Waals surface area contributed by atoms with Crippen LogP contribution in [0.2, 0.25) is 0 Å². The lowest BCUT2D eigenvalue weighted by molar-refractivity contribution is -0.150. The number of amides is 2. The van der Waals surface area contributed by atoms with E-state index in [1.54, 1.807) is 49.6 Å². The van der Waals surface area contributed by atoms with Gasteiger partial charge in [-0.05, 0) is 54.8 Å². The topological polar surface area (TPSA) is 93.7 Å². The Kier molecular flexibility index (Phi) is 9.22. The number of hydrogen-bond acceptors (Lipinski definition) is 5. The molecule has 164 valence electrons. The highest BCUT2D eigenvalue weighted by Crippen LogP contribution is 2.12. The Bertz CT molecular complexity index is 911. The molecule has 0 heterocycles. The Morgan fingerprint density at radius 2 is 1.74 bits per heavy atom. The molecule has 0 unspecified atom stereocenters. The summed E-state index contributed by atoms with van der Waals surface area (Å²) in [6.45, 7) is 1.34. The number of benzene rings is 2. The van der Waals surface area contributed by atoms with Gasteiger partial charge < -0.3 is 20.1 Å². The molecule has 31 heavy (non-hydrogen) atoms. The van der Waals surface area contributed by atoms with Crippen LogP contribution >= 0.6 is 0 Å². The number of methoxy groups -OCH3 is 1. The zero-order valence-electron chi connectivity index (χ0n) is 17.4. The van der Waals surface area contributed by atoms with Crippen LogP contribution in [0.3, 0.4) is 0 Å². The van der Waals surface area contributed by atoms with Gasteiger partial charge in [-0.15, -0.1) is 0 Å². The van der Waals surface area contributed by atoms with Gasteiger partial charge in [0.15, 0.2) is 6.61 Å². The van der Waals surface area contributed by atoms with E-state index in [4.69, 9.17) is 9.47 Å². The summed E-state index contributed by atoms with van der Waals surface area (Å²) < 4.78 is 22.8. The maximum atomic E-state index is 12.9. The summed E-state index contributed by atoms with van der Waals surface area (Å²) in [6.07, 6.45) is 3.42. The van der Waals surface area contributed by atoms with E-state index >= 15 is 0 Å². The molecule has 2 aromatic carbocycles. The molecule has 7 nitrogen and oxygen atoms in total. The number of ether oxygens (including phenoxy) is 2. The molecule has 0 radical (unpaired) electrons. The Morgan fingerprint density at radius 3 is 2.39 bits per heavy atom. The zero-order valence-corrected chi connectivity index (χ0v) is 17.4. The van der Waals surface area contributed by atoms with E-state index in [2.05, 4.69) is 10.6 Å². The first-order valence-electron chi connectivity index (χ1n) is 9.68. The number of carbonyl (C=O) groups excluding carboxylic acids is 3. The fourth-order valence-corrected chi connectivity index (χ4v) is 2.52. The number of hydrogen-bond donors (Lipinski definition) is 2. The first kappa shape index (κ1) is 23.6. The molecule has 0 aromatic heterocycles. The number of halogens is 1. The standard InChI is InChI=1S/C23H25FN2O5/c1-16(26-21(27)12-7-17-5-10-20(30-2)11-6-17)23(29)31-15-22(28)25-14-13-18-3-8-19(24)9-4-18/h3-12,16H,13-15H2,1-2H3,(H,25,28)(H,26,27)/t16-/m0/s1. The zero-order chi connectivity index (χ0) is 22.6. The summed E-state index contributed by atoms with van der Waals surface area (Å²) in [5, 5.41) is 5.09. The average molecular weight is 428 g/mol. The first-order valence-corrected chi connectivity index (χ1v) is 9.68.